The normalized spacial score (nSPS) is 18.5. The SMILES string of the molecule is Cl.Cl.N[C@@H](CN1CCCC1)C(=O)O. The van der Waals surface area contributed by atoms with Crippen LogP contribution in [0, 0.1) is 0 Å². The van der Waals surface area contributed by atoms with Crippen LogP contribution in [0.4, 0.5) is 0 Å². The number of carboxylic acids is 1. The van der Waals surface area contributed by atoms with E-state index in [0.717, 1.165) is 13.1 Å². The highest BCUT2D eigenvalue weighted by molar-refractivity contribution is 5.85. The van der Waals surface area contributed by atoms with Gasteiger partial charge in [0.2, 0.25) is 0 Å². The number of aliphatic carboxylic acids is 1. The first-order valence-corrected chi connectivity index (χ1v) is 3.91. The molecule has 0 unspecified atom stereocenters. The summed E-state index contributed by atoms with van der Waals surface area (Å²) < 4.78 is 0. The molecular formula is C7H16Cl2N2O2. The third-order valence-corrected chi connectivity index (χ3v) is 1.97. The van der Waals surface area contributed by atoms with Crippen LogP contribution in [0.2, 0.25) is 0 Å². The predicted octanol–water partition coefficient (Wildman–Crippen LogP) is 0.338. The van der Waals surface area contributed by atoms with E-state index in [1.54, 1.807) is 0 Å². The van der Waals surface area contributed by atoms with Crippen molar-refractivity contribution in [3.63, 3.8) is 0 Å². The van der Waals surface area contributed by atoms with Crippen LogP contribution in [0.5, 0.6) is 0 Å². The van der Waals surface area contributed by atoms with Gasteiger partial charge in [-0.3, -0.25) is 4.79 Å². The second-order valence-corrected chi connectivity index (χ2v) is 2.95. The van der Waals surface area contributed by atoms with Crippen molar-refractivity contribution in [3.05, 3.63) is 0 Å². The fourth-order valence-electron chi connectivity index (χ4n) is 1.32. The number of halogens is 2. The average Bonchev–Trinajstić information content (AvgIpc) is 2.39. The van der Waals surface area contributed by atoms with Crippen molar-refractivity contribution < 1.29 is 9.90 Å². The maximum Gasteiger partial charge on any atom is 0.321 e. The van der Waals surface area contributed by atoms with Crippen molar-refractivity contribution in [1.29, 1.82) is 0 Å². The van der Waals surface area contributed by atoms with E-state index in [2.05, 4.69) is 4.90 Å². The number of carboxylic acid groups (broad SMARTS) is 1. The Hall–Kier alpha value is -0.0300. The Kier molecular flexibility index (Phi) is 8.77. The van der Waals surface area contributed by atoms with E-state index in [4.69, 9.17) is 10.8 Å². The summed E-state index contributed by atoms with van der Waals surface area (Å²) in [5.41, 5.74) is 5.36. The standard InChI is InChI=1S/C7H14N2O2.2ClH/c8-6(7(10)11)5-9-3-1-2-4-9;;/h6H,1-5,8H2,(H,10,11);2*1H/t6-;;/m0../s1. The van der Waals surface area contributed by atoms with Gasteiger partial charge >= 0.3 is 5.97 Å². The van der Waals surface area contributed by atoms with Crippen molar-refractivity contribution in [2.24, 2.45) is 5.73 Å². The second kappa shape index (κ2) is 7.38. The molecule has 1 fully saturated rings. The Balaban J connectivity index is 0. The molecule has 0 radical (unpaired) electrons. The summed E-state index contributed by atoms with van der Waals surface area (Å²) in [6, 6.07) is -0.715. The largest absolute Gasteiger partial charge is 0.480 e. The first-order valence-electron chi connectivity index (χ1n) is 3.91. The highest BCUT2D eigenvalue weighted by Crippen LogP contribution is 2.06. The van der Waals surface area contributed by atoms with Gasteiger partial charge in [0.1, 0.15) is 6.04 Å². The Morgan fingerprint density at radius 2 is 1.85 bits per heavy atom. The molecule has 0 bridgehead atoms. The Bertz CT molecular complexity index is 151. The molecule has 0 aromatic rings. The van der Waals surface area contributed by atoms with E-state index in [-0.39, 0.29) is 24.8 Å². The number of carbonyl (C=O) groups is 1. The zero-order chi connectivity index (χ0) is 8.27. The zero-order valence-electron chi connectivity index (χ0n) is 7.31. The van der Waals surface area contributed by atoms with E-state index in [1.807, 2.05) is 0 Å². The van der Waals surface area contributed by atoms with Gasteiger partial charge in [-0.1, -0.05) is 0 Å². The first-order chi connectivity index (χ1) is 5.20. The van der Waals surface area contributed by atoms with Crippen LogP contribution in [-0.4, -0.2) is 41.7 Å². The van der Waals surface area contributed by atoms with E-state index in [0.29, 0.717) is 6.54 Å². The van der Waals surface area contributed by atoms with Crippen molar-refractivity contribution in [2.75, 3.05) is 19.6 Å². The summed E-state index contributed by atoms with van der Waals surface area (Å²) in [4.78, 5) is 12.4. The topological polar surface area (TPSA) is 66.6 Å². The molecule has 1 rings (SSSR count). The van der Waals surface area contributed by atoms with Gasteiger partial charge < -0.3 is 15.7 Å². The van der Waals surface area contributed by atoms with Crippen molar-refractivity contribution in [1.82, 2.24) is 4.90 Å². The molecule has 1 heterocycles. The lowest BCUT2D eigenvalue weighted by atomic mass is 10.3. The number of nitrogens with two attached hydrogens (primary N) is 1. The highest BCUT2D eigenvalue weighted by Gasteiger charge is 2.18. The van der Waals surface area contributed by atoms with Crippen molar-refractivity contribution >= 4 is 30.8 Å². The maximum absolute atomic E-state index is 10.3. The van der Waals surface area contributed by atoms with E-state index >= 15 is 0 Å². The summed E-state index contributed by atoms with van der Waals surface area (Å²) in [5, 5.41) is 8.49. The average molecular weight is 231 g/mol. The van der Waals surface area contributed by atoms with Gasteiger partial charge in [-0.05, 0) is 25.9 Å². The van der Waals surface area contributed by atoms with Crippen LogP contribution in [0.15, 0.2) is 0 Å². The van der Waals surface area contributed by atoms with Crippen LogP contribution < -0.4 is 5.73 Å². The quantitative estimate of drug-likeness (QED) is 0.734. The van der Waals surface area contributed by atoms with Gasteiger partial charge in [-0.2, -0.15) is 0 Å². The summed E-state index contributed by atoms with van der Waals surface area (Å²) >= 11 is 0. The van der Waals surface area contributed by atoms with Crippen LogP contribution in [-0.2, 0) is 4.79 Å². The number of nitrogens with zero attached hydrogens (tertiary/aromatic N) is 1. The third kappa shape index (κ3) is 5.31. The van der Waals surface area contributed by atoms with Gasteiger partial charge in [0.05, 0.1) is 0 Å². The molecular weight excluding hydrogens is 215 g/mol. The number of rotatable bonds is 3. The molecule has 0 amide bonds. The number of likely N-dealkylation sites (tertiary alicyclic amines) is 1. The van der Waals surface area contributed by atoms with Gasteiger partial charge in [-0.25, -0.2) is 0 Å². The van der Waals surface area contributed by atoms with Crippen LogP contribution in [0.1, 0.15) is 12.8 Å². The summed E-state index contributed by atoms with van der Waals surface area (Å²) in [6.07, 6.45) is 2.35. The molecule has 1 saturated heterocycles. The van der Waals surface area contributed by atoms with Crippen molar-refractivity contribution in [2.45, 2.75) is 18.9 Å². The zero-order valence-corrected chi connectivity index (χ0v) is 8.94. The van der Waals surface area contributed by atoms with E-state index in [1.165, 1.54) is 12.8 Å². The van der Waals surface area contributed by atoms with Crippen molar-refractivity contribution in [3.8, 4) is 0 Å². The fraction of sp³-hybridized carbons (Fsp3) is 0.857. The Labute approximate surface area is 90.3 Å². The Morgan fingerprint density at radius 1 is 1.38 bits per heavy atom. The second-order valence-electron chi connectivity index (χ2n) is 2.95. The first kappa shape index (κ1) is 15.4. The minimum atomic E-state index is -0.906. The van der Waals surface area contributed by atoms with Gasteiger partial charge in [0.15, 0.2) is 0 Å². The molecule has 0 aromatic heterocycles. The number of hydrogen-bond acceptors (Lipinski definition) is 3. The number of hydrogen-bond donors (Lipinski definition) is 2. The minimum Gasteiger partial charge on any atom is -0.480 e. The summed E-state index contributed by atoms with van der Waals surface area (Å²) in [5.74, 6) is -0.906. The van der Waals surface area contributed by atoms with Crippen LogP contribution in [0.3, 0.4) is 0 Å². The molecule has 0 aromatic carbocycles. The third-order valence-electron chi connectivity index (χ3n) is 1.97. The van der Waals surface area contributed by atoms with Gasteiger partial charge in [-0.15, -0.1) is 24.8 Å². The minimum absolute atomic E-state index is 0. The van der Waals surface area contributed by atoms with E-state index < -0.39 is 12.0 Å². The summed E-state index contributed by atoms with van der Waals surface area (Å²) in [6.45, 7) is 2.50. The fourth-order valence-corrected chi connectivity index (χ4v) is 1.32. The highest BCUT2D eigenvalue weighted by atomic mass is 35.5. The smallest absolute Gasteiger partial charge is 0.321 e. The molecule has 1 aliphatic rings. The lowest BCUT2D eigenvalue weighted by Crippen LogP contribution is -2.41. The molecule has 1 atom stereocenters. The molecule has 1 aliphatic heterocycles. The van der Waals surface area contributed by atoms with Gasteiger partial charge in [0.25, 0.3) is 0 Å². The van der Waals surface area contributed by atoms with E-state index in [9.17, 15) is 4.79 Å². The summed E-state index contributed by atoms with van der Waals surface area (Å²) in [7, 11) is 0. The maximum atomic E-state index is 10.3. The predicted molar refractivity (Wildman–Crippen MR) is 55.8 cm³/mol. The molecule has 80 valence electrons. The molecule has 6 heteroatoms. The molecule has 13 heavy (non-hydrogen) atoms. The van der Waals surface area contributed by atoms with Gasteiger partial charge in [0, 0.05) is 6.54 Å². The van der Waals surface area contributed by atoms with Crippen LogP contribution >= 0.6 is 24.8 Å². The molecule has 0 spiro atoms. The lowest BCUT2D eigenvalue weighted by Gasteiger charge is -2.16. The molecule has 0 saturated carbocycles. The lowest BCUT2D eigenvalue weighted by molar-refractivity contribution is -0.138. The molecule has 0 aliphatic carbocycles. The molecule has 3 N–H and O–H groups in total. The molecule has 4 nitrogen and oxygen atoms in total. The monoisotopic (exact) mass is 230 g/mol. The van der Waals surface area contributed by atoms with Crippen LogP contribution in [0.25, 0.3) is 0 Å². The Morgan fingerprint density at radius 3 is 2.23 bits per heavy atom.